The molecule has 0 fully saturated rings. The van der Waals surface area contributed by atoms with Gasteiger partial charge >= 0.3 is 0 Å². The lowest BCUT2D eigenvalue weighted by Crippen LogP contribution is -2.05. The Labute approximate surface area is 124 Å². The number of anilines is 1. The number of hydrogen-bond acceptors (Lipinski definition) is 3. The summed E-state index contributed by atoms with van der Waals surface area (Å²) in [4.78, 5) is 12.4. The number of thiol groups is 1. The van der Waals surface area contributed by atoms with Gasteiger partial charge in [-0.3, -0.25) is 4.79 Å². The third-order valence-corrected chi connectivity index (χ3v) is 3.03. The maximum Gasteiger partial charge on any atom is 0.195 e. The molecule has 0 unspecified atom stereocenters. The zero-order chi connectivity index (χ0) is 14.4. The SMILES string of the molecule is Nc1ccc(C#CCCS)cc1C(=O)c1ccccc1. The first-order chi connectivity index (χ1) is 9.72. The number of rotatable bonds is 3. The van der Waals surface area contributed by atoms with Crippen LogP contribution in [0.25, 0.3) is 0 Å². The minimum atomic E-state index is -0.0825. The van der Waals surface area contributed by atoms with Crippen LogP contribution < -0.4 is 5.73 Å². The molecule has 2 aromatic carbocycles. The number of ketones is 1. The first kappa shape index (κ1) is 14.2. The molecule has 0 saturated heterocycles. The molecular weight excluding hydrogens is 266 g/mol. The van der Waals surface area contributed by atoms with E-state index < -0.39 is 0 Å². The Morgan fingerprint density at radius 1 is 1.15 bits per heavy atom. The number of nitrogen functional groups attached to an aromatic ring is 1. The van der Waals surface area contributed by atoms with Crippen molar-refractivity contribution in [2.24, 2.45) is 0 Å². The average molecular weight is 281 g/mol. The summed E-state index contributed by atoms with van der Waals surface area (Å²) in [5.41, 5.74) is 8.28. The first-order valence-electron chi connectivity index (χ1n) is 6.31. The molecule has 0 saturated carbocycles. The van der Waals surface area contributed by atoms with Gasteiger partial charge in [0.1, 0.15) is 0 Å². The molecule has 2 nitrogen and oxygen atoms in total. The quantitative estimate of drug-likeness (QED) is 0.393. The standard InChI is InChI=1S/C17H15NOS/c18-16-10-9-13(6-4-5-11-20)12-15(16)17(19)14-7-2-1-3-8-14/h1-3,7-10,12,20H,5,11,18H2. The van der Waals surface area contributed by atoms with Crippen molar-refractivity contribution in [1.29, 1.82) is 0 Å². The van der Waals surface area contributed by atoms with E-state index in [0.29, 0.717) is 16.8 Å². The molecule has 0 aliphatic rings. The Balaban J connectivity index is 2.35. The molecule has 0 bridgehead atoms. The molecule has 2 N–H and O–H groups in total. The molecule has 0 radical (unpaired) electrons. The highest BCUT2D eigenvalue weighted by molar-refractivity contribution is 7.80. The average Bonchev–Trinajstić information content (AvgIpc) is 2.49. The number of carbonyl (C=O) groups is 1. The molecule has 0 heterocycles. The van der Waals surface area contributed by atoms with Gasteiger partial charge in [0, 0.05) is 34.6 Å². The molecule has 0 aliphatic heterocycles. The van der Waals surface area contributed by atoms with Crippen LogP contribution in [0.1, 0.15) is 27.9 Å². The zero-order valence-electron chi connectivity index (χ0n) is 11.0. The third kappa shape index (κ3) is 3.43. The molecule has 20 heavy (non-hydrogen) atoms. The molecule has 100 valence electrons. The lowest BCUT2D eigenvalue weighted by Gasteiger charge is -2.05. The molecule has 0 atom stereocenters. The molecule has 2 aromatic rings. The van der Waals surface area contributed by atoms with Crippen LogP contribution in [-0.2, 0) is 0 Å². The van der Waals surface area contributed by atoms with Gasteiger partial charge in [-0.05, 0) is 18.2 Å². The minimum absolute atomic E-state index is 0.0825. The second-order valence-electron chi connectivity index (χ2n) is 4.27. The minimum Gasteiger partial charge on any atom is -0.398 e. The second-order valence-corrected chi connectivity index (χ2v) is 4.72. The third-order valence-electron chi connectivity index (χ3n) is 2.80. The van der Waals surface area contributed by atoms with E-state index in [0.717, 1.165) is 17.7 Å². The van der Waals surface area contributed by atoms with Crippen LogP contribution in [0.4, 0.5) is 5.69 Å². The molecular formula is C17H15NOS. The number of hydrogen-bond donors (Lipinski definition) is 2. The number of carbonyl (C=O) groups excluding carboxylic acids is 1. The number of benzene rings is 2. The van der Waals surface area contributed by atoms with Gasteiger partial charge in [0.15, 0.2) is 5.78 Å². The zero-order valence-corrected chi connectivity index (χ0v) is 11.9. The van der Waals surface area contributed by atoms with Crippen LogP contribution in [0, 0.1) is 11.8 Å². The Kier molecular flexibility index (Phi) is 4.86. The lowest BCUT2D eigenvalue weighted by atomic mass is 10.00. The van der Waals surface area contributed by atoms with E-state index in [1.807, 2.05) is 24.3 Å². The van der Waals surface area contributed by atoms with Crippen molar-refractivity contribution in [3.05, 3.63) is 65.2 Å². The van der Waals surface area contributed by atoms with Crippen molar-refractivity contribution in [1.82, 2.24) is 0 Å². The summed E-state index contributed by atoms with van der Waals surface area (Å²) in [6.07, 6.45) is 0.718. The summed E-state index contributed by atoms with van der Waals surface area (Å²) in [6.45, 7) is 0. The number of nitrogens with two attached hydrogens (primary N) is 1. The predicted octanol–water partition coefficient (Wildman–Crippen LogP) is 3.17. The Morgan fingerprint density at radius 3 is 2.60 bits per heavy atom. The summed E-state index contributed by atoms with van der Waals surface area (Å²) in [5.74, 6) is 6.65. The van der Waals surface area contributed by atoms with Crippen molar-refractivity contribution in [3.63, 3.8) is 0 Å². The molecule has 0 amide bonds. The highest BCUT2D eigenvalue weighted by Gasteiger charge is 2.12. The van der Waals surface area contributed by atoms with E-state index in [1.165, 1.54) is 0 Å². The largest absolute Gasteiger partial charge is 0.398 e. The predicted molar refractivity (Wildman–Crippen MR) is 86.1 cm³/mol. The maximum atomic E-state index is 12.4. The van der Waals surface area contributed by atoms with Gasteiger partial charge in [0.05, 0.1) is 0 Å². The molecule has 0 aromatic heterocycles. The van der Waals surface area contributed by atoms with Gasteiger partial charge in [0.2, 0.25) is 0 Å². The summed E-state index contributed by atoms with van der Waals surface area (Å²) in [6, 6.07) is 14.4. The normalized spacial score (nSPS) is 9.65. The van der Waals surface area contributed by atoms with Crippen LogP contribution in [-0.4, -0.2) is 11.5 Å². The molecule has 2 rings (SSSR count). The maximum absolute atomic E-state index is 12.4. The van der Waals surface area contributed by atoms with E-state index in [4.69, 9.17) is 5.73 Å². The fourth-order valence-electron chi connectivity index (χ4n) is 1.80. The summed E-state index contributed by atoms with van der Waals surface area (Å²) in [5, 5.41) is 0. The van der Waals surface area contributed by atoms with Crippen molar-refractivity contribution < 1.29 is 4.79 Å². The van der Waals surface area contributed by atoms with Crippen LogP contribution in [0.15, 0.2) is 48.5 Å². The fraction of sp³-hybridized carbons (Fsp3) is 0.118. The van der Waals surface area contributed by atoms with Gasteiger partial charge in [-0.2, -0.15) is 12.6 Å². The van der Waals surface area contributed by atoms with E-state index in [1.54, 1.807) is 24.3 Å². The second kappa shape index (κ2) is 6.83. The molecule has 0 aliphatic carbocycles. The van der Waals surface area contributed by atoms with Crippen LogP contribution in [0.2, 0.25) is 0 Å². The van der Waals surface area contributed by atoms with Gasteiger partial charge in [0.25, 0.3) is 0 Å². The molecule has 0 spiro atoms. The summed E-state index contributed by atoms with van der Waals surface area (Å²) < 4.78 is 0. The van der Waals surface area contributed by atoms with Crippen LogP contribution in [0.5, 0.6) is 0 Å². The summed E-state index contributed by atoms with van der Waals surface area (Å²) >= 11 is 4.11. The van der Waals surface area contributed by atoms with Gasteiger partial charge < -0.3 is 5.73 Å². The van der Waals surface area contributed by atoms with Crippen molar-refractivity contribution >= 4 is 24.1 Å². The smallest absolute Gasteiger partial charge is 0.195 e. The highest BCUT2D eigenvalue weighted by atomic mass is 32.1. The lowest BCUT2D eigenvalue weighted by molar-refractivity contribution is 0.103. The first-order valence-corrected chi connectivity index (χ1v) is 6.94. The van der Waals surface area contributed by atoms with Gasteiger partial charge in [-0.15, -0.1) is 0 Å². The highest BCUT2D eigenvalue weighted by Crippen LogP contribution is 2.18. The van der Waals surface area contributed by atoms with Crippen molar-refractivity contribution in [2.45, 2.75) is 6.42 Å². The Morgan fingerprint density at radius 2 is 1.90 bits per heavy atom. The van der Waals surface area contributed by atoms with E-state index in [-0.39, 0.29) is 5.78 Å². The Bertz CT molecular complexity index is 668. The van der Waals surface area contributed by atoms with E-state index in [2.05, 4.69) is 24.5 Å². The van der Waals surface area contributed by atoms with Crippen molar-refractivity contribution in [3.8, 4) is 11.8 Å². The Hall–Kier alpha value is -2.18. The van der Waals surface area contributed by atoms with E-state index in [9.17, 15) is 4.79 Å². The van der Waals surface area contributed by atoms with Gasteiger partial charge in [-0.1, -0.05) is 42.2 Å². The van der Waals surface area contributed by atoms with Crippen LogP contribution >= 0.6 is 12.6 Å². The van der Waals surface area contributed by atoms with E-state index >= 15 is 0 Å². The summed E-state index contributed by atoms with van der Waals surface area (Å²) in [7, 11) is 0. The van der Waals surface area contributed by atoms with Crippen LogP contribution in [0.3, 0.4) is 0 Å². The van der Waals surface area contributed by atoms with Crippen molar-refractivity contribution in [2.75, 3.05) is 11.5 Å². The topological polar surface area (TPSA) is 43.1 Å². The molecule has 3 heteroatoms. The fourth-order valence-corrected chi connectivity index (χ4v) is 1.91. The van der Waals surface area contributed by atoms with Gasteiger partial charge in [-0.25, -0.2) is 0 Å². The monoisotopic (exact) mass is 281 g/mol.